The largest absolute Gasteiger partial charge is 0.480 e. The Bertz CT molecular complexity index is 884. The Balaban J connectivity index is 1.25. The Kier molecular flexibility index (Phi) is 4.18. The lowest BCUT2D eigenvalue weighted by Crippen LogP contribution is -2.42. The molecule has 0 aromatic carbocycles. The van der Waals surface area contributed by atoms with Crippen LogP contribution in [0.3, 0.4) is 0 Å². The molecule has 5 rings (SSSR count). The van der Waals surface area contributed by atoms with Gasteiger partial charge < -0.3 is 20.1 Å². The number of hydrogen-bond donors (Lipinski definition) is 2. The van der Waals surface area contributed by atoms with E-state index in [2.05, 4.69) is 10.4 Å². The second-order valence-electron chi connectivity index (χ2n) is 8.67. The zero-order chi connectivity index (χ0) is 20.3. The third-order valence-electron chi connectivity index (χ3n) is 6.94. The van der Waals surface area contributed by atoms with E-state index >= 15 is 0 Å². The molecule has 4 atom stereocenters. The van der Waals surface area contributed by atoms with E-state index in [9.17, 15) is 14.4 Å². The zero-order valence-electron chi connectivity index (χ0n) is 16.3. The number of carbonyl (C=O) groups excluding carboxylic acids is 2. The fraction of sp³-hybridized carbons (Fsp3) is 0.684. The van der Waals surface area contributed by atoms with Crippen LogP contribution in [0.5, 0.6) is 0 Å². The summed E-state index contributed by atoms with van der Waals surface area (Å²) in [7, 11) is 1.73. The van der Waals surface area contributed by atoms with E-state index in [1.807, 2.05) is 4.90 Å². The summed E-state index contributed by atoms with van der Waals surface area (Å²) in [4.78, 5) is 39.5. The van der Waals surface area contributed by atoms with Gasteiger partial charge in [-0.05, 0) is 12.8 Å². The van der Waals surface area contributed by atoms with Gasteiger partial charge in [0.1, 0.15) is 5.69 Å². The fourth-order valence-electron chi connectivity index (χ4n) is 5.58. The van der Waals surface area contributed by atoms with Crippen LogP contribution in [0, 0.1) is 11.8 Å². The minimum absolute atomic E-state index is 0.0219. The number of likely N-dealkylation sites (tertiary alicyclic amines) is 1. The normalized spacial score (nSPS) is 33.1. The molecule has 10 heteroatoms. The maximum Gasteiger partial charge on any atom is 0.317 e. The third-order valence-corrected chi connectivity index (χ3v) is 6.94. The number of aliphatic carboxylic acids is 1. The van der Waals surface area contributed by atoms with Crippen LogP contribution < -0.4 is 5.32 Å². The summed E-state index contributed by atoms with van der Waals surface area (Å²) in [5.74, 6) is -0.858. The number of likely N-dealkylation sites (N-methyl/N-ethyl adjacent to an activating group) is 1. The number of carboxylic acid groups (broad SMARTS) is 1. The van der Waals surface area contributed by atoms with Gasteiger partial charge in [-0.15, -0.1) is 0 Å². The van der Waals surface area contributed by atoms with Gasteiger partial charge in [-0.25, -0.2) is 0 Å². The molecule has 3 fully saturated rings. The Hall–Kier alpha value is -2.46. The number of carboxylic acids is 1. The van der Waals surface area contributed by atoms with Gasteiger partial charge >= 0.3 is 5.97 Å². The molecule has 29 heavy (non-hydrogen) atoms. The Morgan fingerprint density at radius 2 is 2.24 bits per heavy atom. The lowest BCUT2D eigenvalue weighted by molar-refractivity contribution is -0.138. The number of ether oxygens (including phenoxy) is 1. The first-order valence-electron chi connectivity index (χ1n) is 10.1. The van der Waals surface area contributed by atoms with Crippen molar-refractivity contribution in [1.29, 1.82) is 0 Å². The van der Waals surface area contributed by atoms with Gasteiger partial charge in [0.25, 0.3) is 11.8 Å². The van der Waals surface area contributed by atoms with E-state index in [0.717, 1.165) is 12.8 Å². The summed E-state index contributed by atoms with van der Waals surface area (Å²) in [5, 5.41) is 16.4. The Morgan fingerprint density at radius 1 is 1.41 bits per heavy atom. The third kappa shape index (κ3) is 2.93. The summed E-state index contributed by atoms with van der Waals surface area (Å²) in [6.07, 6.45) is 2.00. The number of aromatic nitrogens is 2. The lowest BCUT2D eigenvalue weighted by atomic mass is 9.73. The van der Waals surface area contributed by atoms with E-state index in [4.69, 9.17) is 9.84 Å². The standard InChI is InChI=1S/C19H25N5O5/c1-22-4-5-24-14(18(22)28)6-13(21-24)17(27)20-7-11-12-8-23(9-16(25)26)10-19(12)3-2-15(11)29-19/h6,11-12,15H,2-5,7-10H2,1H3,(H,20,27)(H,25,26)/t11-,12+,15+,19+/m0/s1. The SMILES string of the molecule is CN1CCn2nc(C(=O)NC[C@H]3[C@H]4CN(CC(=O)O)C[C@]45CC[C@H]3O5)cc2C1=O. The van der Waals surface area contributed by atoms with Gasteiger partial charge in [-0.2, -0.15) is 5.10 Å². The van der Waals surface area contributed by atoms with Gasteiger partial charge in [0.15, 0.2) is 5.69 Å². The Labute approximate surface area is 167 Å². The number of amides is 2. The van der Waals surface area contributed by atoms with Crippen molar-refractivity contribution in [1.82, 2.24) is 24.9 Å². The number of hydrogen-bond acceptors (Lipinski definition) is 6. The second kappa shape index (κ2) is 6.53. The van der Waals surface area contributed by atoms with Crippen molar-refractivity contribution in [2.75, 3.05) is 39.8 Å². The van der Waals surface area contributed by atoms with Crippen LogP contribution in [0.4, 0.5) is 0 Å². The summed E-state index contributed by atoms with van der Waals surface area (Å²) in [5.41, 5.74) is 0.424. The molecule has 2 bridgehead atoms. The fourth-order valence-corrected chi connectivity index (χ4v) is 5.58. The van der Waals surface area contributed by atoms with Crippen molar-refractivity contribution in [2.24, 2.45) is 11.8 Å². The van der Waals surface area contributed by atoms with Crippen LogP contribution in [-0.2, 0) is 16.1 Å². The quantitative estimate of drug-likeness (QED) is 0.665. The molecule has 10 nitrogen and oxygen atoms in total. The smallest absolute Gasteiger partial charge is 0.317 e. The number of fused-ring (bicyclic) bond motifs is 2. The number of rotatable bonds is 5. The predicted octanol–water partition coefficient (Wildman–Crippen LogP) is -0.737. The van der Waals surface area contributed by atoms with Gasteiger partial charge in [-0.1, -0.05) is 0 Å². The number of carbonyl (C=O) groups is 3. The van der Waals surface area contributed by atoms with Crippen LogP contribution in [0.1, 0.15) is 33.8 Å². The zero-order valence-corrected chi connectivity index (χ0v) is 16.3. The van der Waals surface area contributed by atoms with E-state index < -0.39 is 5.97 Å². The molecular weight excluding hydrogens is 378 g/mol. The predicted molar refractivity (Wildman–Crippen MR) is 99.4 cm³/mol. The Morgan fingerprint density at radius 3 is 3.03 bits per heavy atom. The molecule has 2 amide bonds. The maximum absolute atomic E-state index is 12.7. The summed E-state index contributed by atoms with van der Waals surface area (Å²) in [6, 6.07) is 1.55. The van der Waals surface area contributed by atoms with Crippen molar-refractivity contribution in [2.45, 2.75) is 31.1 Å². The monoisotopic (exact) mass is 403 g/mol. The van der Waals surface area contributed by atoms with E-state index in [1.54, 1.807) is 22.7 Å². The van der Waals surface area contributed by atoms with Gasteiger partial charge in [0.2, 0.25) is 0 Å². The molecule has 1 aromatic heterocycles. The van der Waals surface area contributed by atoms with Crippen LogP contribution >= 0.6 is 0 Å². The number of nitrogens with zero attached hydrogens (tertiary/aromatic N) is 4. The van der Waals surface area contributed by atoms with Crippen LogP contribution in [0.2, 0.25) is 0 Å². The highest BCUT2D eigenvalue weighted by molar-refractivity contribution is 5.98. The average Bonchev–Trinajstić information content (AvgIpc) is 3.40. The van der Waals surface area contributed by atoms with E-state index in [0.29, 0.717) is 38.4 Å². The first kappa shape index (κ1) is 18.6. The molecule has 3 saturated heterocycles. The minimum atomic E-state index is -0.829. The first-order chi connectivity index (χ1) is 13.9. The summed E-state index contributed by atoms with van der Waals surface area (Å²) in [6.45, 7) is 2.97. The number of nitrogens with one attached hydrogen (secondary N) is 1. The summed E-state index contributed by atoms with van der Waals surface area (Å²) >= 11 is 0. The second-order valence-corrected chi connectivity index (χ2v) is 8.67. The van der Waals surface area contributed by atoms with Crippen molar-refractivity contribution in [3.8, 4) is 0 Å². The molecule has 0 unspecified atom stereocenters. The first-order valence-corrected chi connectivity index (χ1v) is 10.1. The molecule has 0 radical (unpaired) electrons. The topological polar surface area (TPSA) is 117 Å². The van der Waals surface area contributed by atoms with Crippen molar-refractivity contribution in [3.63, 3.8) is 0 Å². The van der Waals surface area contributed by atoms with Crippen molar-refractivity contribution >= 4 is 17.8 Å². The highest BCUT2D eigenvalue weighted by atomic mass is 16.5. The van der Waals surface area contributed by atoms with Crippen molar-refractivity contribution < 1.29 is 24.2 Å². The van der Waals surface area contributed by atoms with Gasteiger partial charge in [0, 0.05) is 51.1 Å². The van der Waals surface area contributed by atoms with Crippen LogP contribution in [0.25, 0.3) is 0 Å². The molecule has 1 spiro atoms. The molecule has 1 aromatic rings. The highest BCUT2D eigenvalue weighted by Gasteiger charge is 2.62. The molecule has 4 aliphatic heterocycles. The van der Waals surface area contributed by atoms with Crippen molar-refractivity contribution in [3.05, 3.63) is 17.5 Å². The average molecular weight is 403 g/mol. The minimum Gasteiger partial charge on any atom is -0.480 e. The lowest BCUT2D eigenvalue weighted by Gasteiger charge is -2.29. The molecule has 0 aliphatic carbocycles. The molecule has 5 heterocycles. The molecule has 156 valence electrons. The molecule has 0 saturated carbocycles. The van der Waals surface area contributed by atoms with Gasteiger partial charge in [0.05, 0.1) is 24.8 Å². The molecule has 2 N–H and O–H groups in total. The van der Waals surface area contributed by atoms with E-state index in [-0.39, 0.29) is 47.6 Å². The summed E-state index contributed by atoms with van der Waals surface area (Å²) < 4.78 is 7.87. The van der Waals surface area contributed by atoms with Crippen LogP contribution in [-0.4, -0.2) is 93.9 Å². The maximum atomic E-state index is 12.7. The highest BCUT2D eigenvalue weighted by Crippen LogP contribution is 2.54. The molecular formula is C19H25N5O5. The van der Waals surface area contributed by atoms with Crippen LogP contribution in [0.15, 0.2) is 6.07 Å². The molecule has 4 aliphatic rings. The van der Waals surface area contributed by atoms with E-state index in [1.165, 1.54) is 0 Å². The van der Waals surface area contributed by atoms with Gasteiger partial charge in [-0.3, -0.25) is 24.0 Å².